The maximum atomic E-state index is 12.5. The summed E-state index contributed by atoms with van der Waals surface area (Å²) in [4.78, 5) is 12.5. The van der Waals surface area contributed by atoms with Crippen LogP contribution >= 0.6 is 0 Å². The van der Waals surface area contributed by atoms with Gasteiger partial charge in [0.05, 0.1) is 5.69 Å². The molecular weight excluding hydrogens is 416 g/mol. The van der Waals surface area contributed by atoms with E-state index in [1.165, 1.54) is 0 Å². The summed E-state index contributed by atoms with van der Waals surface area (Å²) in [5.74, 6) is 1.17. The third kappa shape index (κ3) is 9.05. The van der Waals surface area contributed by atoms with E-state index in [1.807, 2.05) is 32.9 Å². The van der Waals surface area contributed by atoms with Gasteiger partial charge in [0.2, 0.25) is 0 Å². The van der Waals surface area contributed by atoms with Crippen LogP contribution in [-0.4, -0.2) is 26.1 Å². The van der Waals surface area contributed by atoms with Crippen LogP contribution in [-0.2, 0) is 11.2 Å². The second-order valence-electron chi connectivity index (χ2n) is 12.8. The van der Waals surface area contributed by atoms with Crippen LogP contribution in [0.15, 0.2) is 18.2 Å². The van der Waals surface area contributed by atoms with Crippen LogP contribution in [0.25, 0.3) is 0 Å². The fourth-order valence-corrected chi connectivity index (χ4v) is 4.02. The lowest BCUT2D eigenvalue weighted by Gasteiger charge is -2.36. The van der Waals surface area contributed by atoms with E-state index < -0.39 is 13.9 Å². The smallest absolute Gasteiger partial charge is 0.407 e. The third-order valence-electron chi connectivity index (χ3n) is 6.56. The molecular formula is C26H48N2O3Si. The van der Waals surface area contributed by atoms with Crippen molar-refractivity contribution < 1.29 is 14.0 Å². The van der Waals surface area contributed by atoms with Crippen LogP contribution in [0.1, 0.15) is 81.2 Å². The summed E-state index contributed by atoms with van der Waals surface area (Å²) >= 11 is 0. The highest BCUT2D eigenvalue weighted by atomic mass is 28.4. The van der Waals surface area contributed by atoms with E-state index in [-0.39, 0.29) is 22.6 Å². The number of hydrogen-bond acceptors (Lipinski definition) is 4. The van der Waals surface area contributed by atoms with E-state index >= 15 is 0 Å². The average Bonchev–Trinajstić information content (AvgIpc) is 2.53. The average molecular weight is 465 g/mol. The highest BCUT2D eigenvalue weighted by Crippen LogP contribution is 2.39. The number of benzene rings is 1. The van der Waals surface area contributed by atoms with Crippen molar-refractivity contribution in [2.45, 2.75) is 112 Å². The summed E-state index contributed by atoms with van der Waals surface area (Å²) in [5.41, 5.74) is 7.73. The number of rotatable bonds is 7. The molecule has 3 N–H and O–H groups in total. The van der Waals surface area contributed by atoms with Crippen molar-refractivity contribution in [1.29, 1.82) is 0 Å². The zero-order valence-corrected chi connectivity index (χ0v) is 23.6. The Hall–Kier alpha value is -1.69. The Balaban J connectivity index is 3.05. The van der Waals surface area contributed by atoms with Gasteiger partial charge in [-0.05, 0) is 80.8 Å². The van der Waals surface area contributed by atoms with E-state index in [9.17, 15) is 4.79 Å². The van der Waals surface area contributed by atoms with Crippen LogP contribution in [0, 0.1) is 11.3 Å². The first-order valence-corrected chi connectivity index (χ1v) is 14.7. The zero-order valence-electron chi connectivity index (χ0n) is 22.6. The molecule has 0 bridgehead atoms. The first-order chi connectivity index (χ1) is 14.2. The molecule has 0 saturated heterocycles. The van der Waals surface area contributed by atoms with Crippen molar-refractivity contribution in [3.8, 4) is 5.75 Å². The number of alkyl carbamates (subject to hydrolysis) is 1. The van der Waals surface area contributed by atoms with Crippen molar-refractivity contribution in [3.63, 3.8) is 0 Å². The molecule has 2 atom stereocenters. The minimum absolute atomic E-state index is 0.0503. The van der Waals surface area contributed by atoms with Gasteiger partial charge >= 0.3 is 6.09 Å². The standard InChI is InChI=1S/C26H48N2O3Si/c1-18(24(2,3)4)15-20(28-23(29)30-25(5,6)7)16-19-13-14-22(21(27)17-19)31-32(11,12)26(8,9)10/h13-14,17-18,20H,15-16,27H2,1-12H3,(H,28,29)/t18?,20-/m1/s1. The lowest BCUT2D eigenvalue weighted by Crippen LogP contribution is -2.44. The molecule has 0 radical (unpaired) electrons. The molecule has 0 aliphatic carbocycles. The molecule has 0 fully saturated rings. The summed E-state index contributed by atoms with van der Waals surface area (Å²) in [6.45, 7) is 25.6. The van der Waals surface area contributed by atoms with E-state index in [0.717, 1.165) is 17.7 Å². The molecule has 0 spiro atoms. The Morgan fingerprint density at radius 1 is 1.06 bits per heavy atom. The zero-order chi connectivity index (χ0) is 25.1. The summed E-state index contributed by atoms with van der Waals surface area (Å²) < 4.78 is 11.9. The molecule has 5 nitrogen and oxygen atoms in total. The summed E-state index contributed by atoms with van der Waals surface area (Å²) in [6, 6.07) is 5.96. The second-order valence-corrected chi connectivity index (χ2v) is 17.5. The largest absolute Gasteiger partial charge is 0.542 e. The lowest BCUT2D eigenvalue weighted by atomic mass is 9.78. The van der Waals surface area contributed by atoms with Crippen LogP contribution in [0.2, 0.25) is 18.1 Å². The van der Waals surface area contributed by atoms with Crippen molar-refractivity contribution in [2.75, 3.05) is 5.73 Å². The van der Waals surface area contributed by atoms with Gasteiger partial charge in [-0.25, -0.2) is 4.79 Å². The molecule has 1 unspecified atom stereocenters. The Bertz CT molecular complexity index is 771. The molecule has 1 rings (SSSR count). The highest BCUT2D eigenvalue weighted by molar-refractivity contribution is 6.74. The maximum absolute atomic E-state index is 12.5. The van der Waals surface area contributed by atoms with Crippen LogP contribution in [0.5, 0.6) is 5.75 Å². The number of nitrogens with two attached hydrogens (primary N) is 1. The van der Waals surface area contributed by atoms with E-state index in [4.69, 9.17) is 14.9 Å². The van der Waals surface area contributed by atoms with Crippen molar-refractivity contribution in [1.82, 2.24) is 5.32 Å². The number of nitrogen functional groups attached to an aromatic ring is 1. The first-order valence-electron chi connectivity index (χ1n) is 11.8. The molecule has 0 heterocycles. The minimum atomic E-state index is -1.97. The number of ether oxygens (including phenoxy) is 1. The lowest BCUT2D eigenvalue weighted by molar-refractivity contribution is 0.0490. The van der Waals surface area contributed by atoms with Crippen LogP contribution in [0.4, 0.5) is 10.5 Å². The monoisotopic (exact) mass is 464 g/mol. The number of hydrogen-bond donors (Lipinski definition) is 2. The Morgan fingerprint density at radius 3 is 2.06 bits per heavy atom. The molecule has 32 heavy (non-hydrogen) atoms. The minimum Gasteiger partial charge on any atom is -0.542 e. The quantitative estimate of drug-likeness (QED) is 0.331. The maximum Gasteiger partial charge on any atom is 0.407 e. The molecule has 0 saturated carbocycles. The second kappa shape index (κ2) is 10.1. The number of nitrogens with one attached hydrogen (secondary N) is 1. The highest BCUT2D eigenvalue weighted by Gasteiger charge is 2.39. The van der Waals surface area contributed by atoms with Gasteiger partial charge in [-0.3, -0.25) is 0 Å². The molecule has 0 aliphatic rings. The molecule has 1 aromatic carbocycles. The third-order valence-corrected chi connectivity index (χ3v) is 10.9. The van der Waals surface area contributed by atoms with Crippen LogP contribution in [0.3, 0.4) is 0 Å². The molecule has 1 aromatic rings. The SMILES string of the molecule is CC(C[C@H](Cc1ccc(O[Si](C)(C)C(C)(C)C)c(N)c1)NC(=O)OC(C)(C)C)C(C)(C)C. The van der Waals surface area contributed by atoms with Gasteiger partial charge in [-0.2, -0.15) is 0 Å². The van der Waals surface area contributed by atoms with Crippen molar-refractivity contribution in [3.05, 3.63) is 23.8 Å². The van der Waals surface area contributed by atoms with E-state index in [2.05, 4.69) is 72.9 Å². The number of amides is 1. The first kappa shape index (κ1) is 28.3. The Labute approximate surface area is 198 Å². The van der Waals surface area contributed by atoms with Gasteiger partial charge in [0.25, 0.3) is 8.32 Å². The topological polar surface area (TPSA) is 73.6 Å². The van der Waals surface area contributed by atoms with Gasteiger partial charge in [-0.1, -0.05) is 54.5 Å². The number of carbonyl (C=O) groups excluding carboxylic acids is 1. The van der Waals surface area contributed by atoms with E-state index in [0.29, 0.717) is 18.0 Å². The summed E-state index contributed by atoms with van der Waals surface area (Å²) in [7, 11) is -1.97. The van der Waals surface area contributed by atoms with Gasteiger partial charge in [0.1, 0.15) is 11.4 Å². The fourth-order valence-electron chi connectivity index (χ4n) is 2.98. The molecule has 184 valence electrons. The molecule has 1 amide bonds. The molecule has 0 aromatic heterocycles. The van der Waals surface area contributed by atoms with Gasteiger partial charge in [0.15, 0.2) is 0 Å². The van der Waals surface area contributed by atoms with Gasteiger partial charge in [-0.15, -0.1) is 0 Å². The van der Waals surface area contributed by atoms with Crippen molar-refractivity contribution >= 4 is 20.1 Å². The molecule has 0 aliphatic heterocycles. The Kier molecular flexibility index (Phi) is 8.91. The summed E-state index contributed by atoms with van der Waals surface area (Å²) in [6.07, 6.45) is 1.16. The van der Waals surface area contributed by atoms with Crippen molar-refractivity contribution in [2.24, 2.45) is 11.3 Å². The predicted octanol–water partition coefficient (Wildman–Crippen LogP) is 7.16. The van der Waals surface area contributed by atoms with Gasteiger partial charge in [0, 0.05) is 6.04 Å². The summed E-state index contributed by atoms with van der Waals surface area (Å²) in [5, 5.41) is 3.19. The van der Waals surface area contributed by atoms with Gasteiger partial charge < -0.3 is 20.2 Å². The number of anilines is 1. The van der Waals surface area contributed by atoms with Crippen LogP contribution < -0.4 is 15.5 Å². The fraction of sp³-hybridized carbons (Fsp3) is 0.731. The van der Waals surface area contributed by atoms with E-state index in [1.54, 1.807) is 0 Å². The number of carbonyl (C=O) groups is 1. The normalized spacial score (nSPS) is 15.1. The predicted molar refractivity (Wildman–Crippen MR) is 139 cm³/mol. The molecule has 6 heteroatoms. The Morgan fingerprint density at radius 2 is 1.62 bits per heavy atom.